The summed E-state index contributed by atoms with van der Waals surface area (Å²) in [4.78, 5) is 0. The van der Waals surface area contributed by atoms with E-state index < -0.39 is 0 Å². The predicted molar refractivity (Wildman–Crippen MR) is 74.6 cm³/mol. The Morgan fingerprint density at radius 2 is 1.41 bits per heavy atom. The van der Waals surface area contributed by atoms with E-state index in [0.717, 1.165) is 6.42 Å². The van der Waals surface area contributed by atoms with E-state index >= 15 is 0 Å². The first kappa shape index (κ1) is 11.9. The fraction of sp³-hybridized carbons (Fsp3) is 0.294. The summed E-state index contributed by atoms with van der Waals surface area (Å²) < 4.78 is 0. The highest BCUT2D eigenvalue weighted by Gasteiger charge is 2.03. The van der Waals surface area contributed by atoms with Gasteiger partial charge in [-0.2, -0.15) is 0 Å². The van der Waals surface area contributed by atoms with Gasteiger partial charge in [0.2, 0.25) is 0 Å². The van der Waals surface area contributed by atoms with Crippen LogP contribution in [-0.2, 0) is 6.42 Å². The fourth-order valence-corrected chi connectivity index (χ4v) is 2.24. The van der Waals surface area contributed by atoms with E-state index in [-0.39, 0.29) is 0 Å². The van der Waals surface area contributed by atoms with Gasteiger partial charge in [-0.25, -0.2) is 0 Å². The highest BCUT2D eigenvalue weighted by Crippen LogP contribution is 2.19. The minimum atomic E-state index is 1.04. The van der Waals surface area contributed by atoms with Gasteiger partial charge in [-0.1, -0.05) is 47.5 Å². The molecule has 0 aromatic heterocycles. The van der Waals surface area contributed by atoms with Crippen LogP contribution in [0.3, 0.4) is 0 Å². The second-order valence-corrected chi connectivity index (χ2v) is 5.03. The Balaban J connectivity index is 2.32. The Morgan fingerprint density at radius 1 is 0.765 bits per heavy atom. The lowest BCUT2D eigenvalue weighted by Crippen LogP contribution is -1.95. The average molecular weight is 224 g/mol. The standard InChI is InChI=1S/C17H20/c1-12-5-7-16(8-6-12)11-17-10-13(2)9-14(3)15(17)4/h5-10H,11H2,1-4H3. The lowest BCUT2D eigenvalue weighted by molar-refractivity contribution is 1.12. The summed E-state index contributed by atoms with van der Waals surface area (Å²) in [6, 6.07) is 13.4. The molecule has 2 aromatic rings. The second-order valence-electron chi connectivity index (χ2n) is 5.03. The largest absolute Gasteiger partial charge is 0.0590 e. The second kappa shape index (κ2) is 4.75. The van der Waals surface area contributed by atoms with Crippen molar-refractivity contribution in [3.63, 3.8) is 0 Å². The van der Waals surface area contributed by atoms with Crippen molar-refractivity contribution in [2.24, 2.45) is 0 Å². The van der Waals surface area contributed by atoms with Crippen LogP contribution >= 0.6 is 0 Å². The Bertz CT molecular complexity index is 518. The Hall–Kier alpha value is -1.56. The Labute approximate surface area is 104 Å². The topological polar surface area (TPSA) is 0 Å². The molecule has 0 heterocycles. The molecule has 0 heteroatoms. The Morgan fingerprint density at radius 3 is 2.06 bits per heavy atom. The van der Waals surface area contributed by atoms with Crippen molar-refractivity contribution in [2.45, 2.75) is 34.1 Å². The van der Waals surface area contributed by atoms with Crippen LogP contribution < -0.4 is 0 Å². The molecule has 0 saturated heterocycles. The fourth-order valence-electron chi connectivity index (χ4n) is 2.24. The van der Waals surface area contributed by atoms with Gasteiger partial charge < -0.3 is 0 Å². The van der Waals surface area contributed by atoms with Gasteiger partial charge >= 0.3 is 0 Å². The average Bonchev–Trinajstić information content (AvgIpc) is 2.28. The first-order chi connectivity index (χ1) is 8.06. The summed E-state index contributed by atoms with van der Waals surface area (Å²) >= 11 is 0. The molecular weight excluding hydrogens is 204 g/mol. The van der Waals surface area contributed by atoms with Gasteiger partial charge in [0.1, 0.15) is 0 Å². The van der Waals surface area contributed by atoms with E-state index in [1.54, 1.807) is 0 Å². The first-order valence-corrected chi connectivity index (χ1v) is 6.18. The molecule has 0 aliphatic heterocycles. The molecule has 0 aliphatic rings. The third-order valence-electron chi connectivity index (χ3n) is 3.43. The zero-order valence-electron chi connectivity index (χ0n) is 11.2. The highest BCUT2D eigenvalue weighted by molar-refractivity contribution is 5.40. The van der Waals surface area contributed by atoms with Crippen molar-refractivity contribution in [2.75, 3.05) is 0 Å². The quantitative estimate of drug-likeness (QED) is 0.704. The van der Waals surface area contributed by atoms with Crippen molar-refractivity contribution >= 4 is 0 Å². The molecule has 2 aromatic carbocycles. The molecule has 0 aliphatic carbocycles. The lowest BCUT2D eigenvalue weighted by atomic mass is 9.95. The van der Waals surface area contributed by atoms with Gasteiger partial charge in [-0.15, -0.1) is 0 Å². The molecule has 0 saturated carbocycles. The van der Waals surface area contributed by atoms with Crippen LogP contribution in [0, 0.1) is 27.7 Å². The number of benzene rings is 2. The molecule has 0 bridgehead atoms. The monoisotopic (exact) mass is 224 g/mol. The molecule has 0 atom stereocenters. The van der Waals surface area contributed by atoms with Crippen molar-refractivity contribution in [1.29, 1.82) is 0 Å². The van der Waals surface area contributed by atoms with E-state index in [2.05, 4.69) is 64.1 Å². The summed E-state index contributed by atoms with van der Waals surface area (Å²) in [5, 5.41) is 0. The van der Waals surface area contributed by atoms with Crippen molar-refractivity contribution in [3.8, 4) is 0 Å². The lowest BCUT2D eigenvalue weighted by Gasteiger charge is -2.11. The van der Waals surface area contributed by atoms with Gasteiger partial charge in [-0.05, 0) is 56.4 Å². The van der Waals surface area contributed by atoms with E-state index in [9.17, 15) is 0 Å². The van der Waals surface area contributed by atoms with Gasteiger partial charge in [0.25, 0.3) is 0 Å². The maximum Gasteiger partial charge on any atom is -0.00229 e. The Kier molecular flexibility index (Phi) is 3.33. The summed E-state index contributed by atoms with van der Waals surface area (Å²) in [6.07, 6.45) is 1.04. The van der Waals surface area contributed by atoms with Crippen LogP contribution in [0.2, 0.25) is 0 Å². The molecule has 2 rings (SSSR count). The van der Waals surface area contributed by atoms with Crippen molar-refractivity contribution < 1.29 is 0 Å². The van der Waals surface area contributed by atoms with Crippen LogP contribution in [0.15, 0.2) is 36.4 Å². The van der Waals surface area contributed by atoms with Gasteiger partial charge in [0, 0.05) is 0 Å². The predicted octanol–water partition coefficient (Wildman–Crippen LogP) is 4.51. The normalized spacial score (nSPS) is 10.6. The third-order valence-corrected chi connectivity index (χ3v) is 3.43. The molecule has 0 unspecified atom stereocenters. The molecule has 88 valence electrons. The van der Waals surface area contributed by atoms with Crippen LogP contribution in [-0.4, -0.2) is 0 Å². The summed E-state index contributed by atoms with van der Waals surface area (Å²) in [5.74, 6) is 0. The maximum absolute atomic E-state index is 2.31. The highest BCUT2D eigenvalue weighted by atomic mass is 14.1. The SMILES string of the molecule is Cc1ccc(Cc2cc(C)cc(C)c2C)cc1. The molecule has 0 N–H and O–H groups in total. The molecule has 0 nitrogen and oxygen atoms in total. The number of hydrogen-bond acceptors (Lipinski definition) is 0. The van der Waals surface area contributed by atoms with Crippen LogP contribution in [0.5, 0.6) is 0 Å². The minimum Gasteiger partial charge on any atom is -0.0590 e. The third kappa shape index (κ3) is 2.76. The molecule has 0 fully saturated rings. The summed E-state index contributed by atoms with van der Waals surface area (Å²) in [7, 11) is 0. The molecule has 17 heavy (non-hydrogen) atoms. The van der Waals surface area contributed by atoms with Crippen molar-refractivity contribution in [1.82, 2.24) is 0 Å². The van der Waals surface area contributed by atoms with Gasteiger partial charge in [0.05, 0.1) is 0 Å². The number of aryl methyl sites for hydroxylation is 3. The molecule has 0 spiro atoms. The van der Waals surface area contributed by atoms with E-state index in [1.165, 1.54) is 33.4 Å². The van der Waals surface area contributed by atoms with Crippen molar-refractivity contribution in [3.05, 3.63) is 69.8 Å². The maximum atomic E-state index is 2.31. The number of rotatable bonds is 2. The summed E-state index contributed by atoms with van der Waals surface area (Å²) in [6.45, 7) is 8.72. The van der Waals surface area contributed by atoms with Crippen LogP contribution in [0.1, 0.15) is 33.4 Å². The van der Waals surface area contributed by atoms with E-state index in [0.29, 0.717) is 0 Å². The molecule has 0 radical (unpaired) electrons. The van der Waals surface area contributed by atoms with Gasteiger partial charge in [0.15, 0.2) is 0 Å². The molecular formula is C17H20. The van der Waals surface area contributed by atoms with Crippen LogP contribution in [0.25, 0.3) is 0 Å². The zero-order valence-corrected chi connectivity index (χ0v) is 11.2. The smallest absolute Gasteiger partial charge is 0.00229 e. The molecule has 0 amide bonds. The van der Waals surface area contributed by atoms with Gasteiger partial charge in [-0.3, -0.25) is 0 Å². The van der Waals surface area contributed by atoms with Crippen LogP contribution in [0.4, 0.5) is 0 Å². The first-order valence-electron chi connectivity index (χ1n) is 6.18. The van der Waals surface area contributed by atoms with E-state index in [1.807, 2.05) is 0 Å². The zero-order chi connectivity index (χ0) is 12.4. The minimum absolute atomic E-state index is 1.04. The summed E-state index contributed by atoms with van der Waals surface area (Å²) in [5.41, 5.74) is 8.35. The van der Waals surface area contributed by atoms with E-state index in [4.69, 9.17) is 0 Å². The number of hydrogen-bond donors (Lipinski definition) is 0.